The molecule has 1 heteroatoms. The highest BCUT2D eigenvalue weighted by Gasteiger charge is 2.48. The average Bonchev–Trinajstić information content (AvgIpc) is 2.47. The number of nitrogens with one attached hydrogen (secondary N) is 1. The first kappa shape index (κ1) is 13.6. The van der Waals surface area contributed by atoms with Crippen LogP contribution in [0.3, 0.4) is 0 Å². The highest BCUT2D eigenvalue weighted by atomic mass is 14.9. The SMILES string of the molecule is CNC(CC1C2CC3CC(C2)CC1C3)C1CCCCC1. The van der Waals surface area contributed by atoms with Gasteiger partial charge in [-0.05, 0) is 93.9 Å². The third kappa shape index (κ3) is 2.45. The summed E-state index contributed by atoms with van der Waals surface area (Å²) in [6.07, 6.45) is 17.0. The molecule has 0 aromatic heterocycles. The zero-order valence-corrected chi connectivity index (χ0v) is 13.3. The van der Waals surface area contributed by atoms with E-state index in [2.05, 4.69) is 12.4 Å². The molecule has 0 heterocycles. The van der Waals surface area contributed by atoms with Crippen LogP contribution in [0.4, 0.5) is 0 Å². The van der Waals surface area contributed by atoms with Gasteiger partial charge in [-0.3, -0.25) is 0 Å². The van der Waals surface area contributed by atoms with Crippen LogP contribution < -0.4 is 5.32 Å². The second-order valence-corrected chi connectivity index (χ2v) is 8.62. The summed E-state index contributed by atoms with van der Waals surface area (Å²) in [5.41, 5.74) is 0. The summed E-state index contributed by atoms with van der Waals surface area (Å²) in [5.74, 6) is 6.58. The molecule has 1 nitrogen and oxygen atoms in total. The van der Waals surface area contributed by atoms with Gasteiger partial charge in [0.1, 0.15) is 0 Å². The number of hydrogen-bond donors (Lipinski definition) is 1. The van der Waals surface area contributed by atoms with Crippen LogP contribution in [-0.2, 0) is 0 Å². The Morgan fingerprint density at radius 2 is 1.45 bits per heavy atom. The lowest BCUT2D eigenvalue weighted by Gasteiger charge is -2.55. The van der Waals surface area contributed by atoms with Crippen molar-refractivity contribution in [2.24, 2.45) is 35.5 Å². The smallest absolute Gasteiger partial charge is 0.00951 e. The van der Waals surface area contributed by atoms with E-state index in [4.69, 9.17) is 0 Å². The molecule has 4 bridgehead atoms. The van der Waals surface area contributed by atoms with Crippen molar-refractivity contribution in [3.05, 3.63) is 0 Å². The van der Waals surface area contributed by atoms with Gasteiger partial charge < -0.3 is 5.32 Å². The van der Waals surface area contributed by atoms with Crippen LogP contribution in [0.15, 0.2) is 0 Å². The summed E-state index contributed by atoms with van der Waals surface area (Å²) in [5, 5.41) is 3.73. The van der Waals surface area contributed by atoms with Gasteiger partial charge >= 0.3 is 0 Å². The van der Waals surface area contributed by atoms with E-state index < -0.39 is 0 Å². The van der Waals surface area contributed by atoms with Crippen molar-refractivity contribution in [2.45, 2.75) is 76.7 Å². The number of rotatable bonds is 4. The van der Waals surface area contributed by atoms with E-state index >= 15 is 0 Å². The highest BCUT2D eigenvalue weighted by Crippen LogP contribution is 2.57. The Balaban J connectivity index is 1.42. The Bertz CT molecular complexity index is 303. The minimum absolute atomic E-state index is 0.831. The average molecular weight is 275 g/mol. The molecule has 5 aliphatic rings. The van der Waals surface area contributed by atoms with Crippen LogP contribution in [0.1, 0.15) is 70.6 Å². The molecule has 5 fully saturated rings. The maximum Gasteiger partial charge on any atom is 0.00951 e. The van der Waals surface area contributed by atoms with Crippen molar-refractivity contribution in [2.75, 3.05) is 7.05 Å². The van der Waals surface area contributed by atoms with Crippen LogP contribution in [0.25, 0.3) is 0 Å². The molecular weight excluding hydrogens is 242 g/mol. The molecule has 1 atom stereocenters. The predicted molar refractivity (Wildman–Crippen MR) is 84.6 cm³/mol. The molecular formula is C19H33N. The Labute approximate surface area is 125 Å². The van der Waals surface area contributed by atoms with E-state index in [9.17, 15) is 0 Å². The molecule has 0 radical (unpaired) electrons. The molecule has 0 amide bonds. The minimum atomic E-state index is 0.831. The predicted octanol–water partition coefficient (Wildman–Crippen LogP) is 4.62. The van der Waals surface area contributed by atoms with E-state index in [-0.39, 0.29) is 0 Å². The molecule has 5 rings (SSSR count). The first-order chi connectivity index (χ1) is 9.83. The van der Waals surface area contributed by atoms with Gasteiger partial charge in [-0.2, -0.15) is 0 Å². The summed E-state index contributed by atoms with van der Waals surface area (Å²) in [6, 6.07) is 0.831. The summed E-state index contributed by atoms with van der Waals surface area (Å²) >= 11 is 0. The van der Waals surface area contributed by atoms with E-state index in [1.165, 1.54) is 38.5 Å². The van der Waals surface area contributed by atoms with Crippen molar-refractivity contribution >= 4 is 0 Å². The molecule has 1 unspecified atom stereocenters. The largest absolute Gasteiger partial charge is 0.317 e. The van der Waals surface area contributed by atoms with E-state index in [0.29, 0.717) is 0 Å². The Kier molecular flexibility index (Phi) is 3.83. The number of hydrogen-bond acceptors (Lipinski definition) is 1. The molecule has 0 spiro atoms. The fourth-order valence-electron chi connectivity index (χ4n) is 6.80. The van der Waals surface area contributed by atoms with Crippen molar-refractivity contribution in [1.82, 2.24) is 5.32 Å². The standard InChI is InChI=1S/C19H33N/c1-20-19(15-5-3-2-4-6-15)12-18-16-8-13-7-14(10-16)11-17(18)9-13/h13-20H,2-12H2,1H3. The first-order valence-corrected chi connectivity index (χ1v) is 9.50. The van der Waals surface area contributed by atoms with Gasteiger partial charge in [0.05, 0.1) is 0 Å². The second kappa shape index (κ2) is 5.63. The summed E-state index contributed by atoms with van der Waals surface area (Å²) < 4.78 is 0. The van der Waals surface area contributed by atoms with Crippen LogP contribution in [0.5, 0.6) is 0 Å². The Morgan fingerprint density at radius 1 is 0.850 bits per heavy atom. The summed E-state index contributed by atoms with van der Waals surface area (Å²) in [7, 11) is 2.23. The Hall–Kier alpha value is -0.0400. The van der Waals surface area contributed by atoms with E-state index in [0.717, 1.165) is 41.5 Å². The quantitative estimate of drug-likeness (QED) is 0.789. The topological polar surface area (TPSA) is 12.0 Å². The monoisotopic (exact) mass is 275 g/mol. The van der Waals surface area contributed by atoms with Gasteiger partial charge in [0.25, 0.3) is 0 Å². The van der Waals surface area contributed by atoms with E-state index in [1.54, 1.807) is 32.1 Å². The third-order valence-corrected chi connectivity index (χ3v) is 7.54. The molecule has 114 valence electrons. The highest BCUT2D eigenvalue weighted by molar-refractivity contribution is 4.99. The molecule has 1 N–H and O–H groups in total. The molecule has 0 aliphatic heterocycles. The lowest BCUT2D eigenvalue weighted by Crippen LogP contribution is -2.48. The first-order valence-electron chi connectivity index (χ1n) is 9.50. The molecule has 0 aromatic carbocycles. The lowest BCUT2D eigenvalue weighted by molar-refractivity contribution is -0.0459. The van der Waals surface area contributed by atoms with Crippen molar-refractivity contribution in [1.29, 1.82) is 0 Å². The molecule has 5 saturated carbocycles. The van der Waals surface area contributed by atoms with Gasteiger partial charge in [0, 0.05) is 6.04 Å². The second-order valence-electron chi connectivity index (χ2n) is 8.62. The third-order valence-electron chi connectivity index (χ3n) is 7.54. The van der Waals surface area contributed by atoms with Gasteiger partial charge in [-0.1, -0.05) is 19.3 Å². The Morgan fingerprint density at radius 3 is 2.00 bits per heavy atom. The maximum absolute atomic E-state index is 3.73. The normalized spacial score (nSPS) is 45.8. The van der Waals surface area contributed by atoms with Crippen molar-refractivity contribution in [3.8, 4) is 0 Å². The minimum Gasteiger partial charge on any atom is -0.317 e. The van der Waals surface area contributed by atoms with Crippen LogP contribution in [-0.4, -0.2) is 13.1 Å². The van der Waals surface area contributed by atoms with Crippen LogP contribution in [0.2, 0.25) is 0 Å². The summed E-state index contributed by atoms with van der Waals surface area (Å²) in [6.45, 7) is 0. The summed E-state index contributed by atoms with van der Waals surface area (Å²) in [4.78, 5) is 0. The van der Waals surface area contributed by atoms with Gasteiger partial charge in [0.15, 0.2) is 0 Å². The van der Waals surface area contributed by atoms with Crippen LogP contribution in [0, 0.1) is 35.5 Å². The zero-order chi connectivity index (χ0) is 13.5. The molecule has 20 heavy (non-hydrogen) atoms. The van der Waals surface area contributed by atoms with Crippen molar-refractivity contribution < 1.29 is 0 Å². The van der Waals surface area contributed by atoms with Gasteiger partial charge in [0.2, 0.25) is 0 Å². The lowest BCUT2D eigenvalue weighted by atomic mass is 9.50. The molecule has 5 aliphatic carbocycles. The van der Waals surface area contributed by atoms with Crippen molar-refractivity contribution in [3.63, 3.8) is 0 Å². The fourth-order valence-corrected chi connectivity index (χ4v) is 6.80. The fraction of sp³-hybridized carbons (Fsp3) is 1.00. The van der Waals surface area contributed by atoms with Gasteiger partial charge in [-0.15, -0.1) is 0 Å². The van der Waals surface area contributed by atoms with Gasteiger partial charge in [-0.25, -0.2) is 0 Å². The van der Waals surface area contributed by atoms with E-state index in [1.807, 2.05) is 0 Å². The zero-order valence-electron chi connectivity index (χ0n) is 13.3. The maximum atomic E-state index is 3.73. The molecule has 0 aromatic rings. The molecule has 0 saturated heterocycles. The van der Waals surface area contributed by atoms with Crippen LogP contribution >= 0.6 is 0 Å².